The minimum absolute atomic E-state index is 0.0637. The molecule has 2 atom stereocenters. The largest absolute Gasteiger partial charge is 0.388 e. The van der Waals surface area contributed by atoms with Crippen LogP contribution in [0.25, 0.3) is 0 Å². The van der Waals surface area contributed by atoms with Crippen LogP contribution in [0.2, 0.25) is 0 Å². The molecule has 0 heterocycles. The molecule has 0 spiro atoms. The highest BCUT2D eigenvalue weighted by Crippen LogP contribution is 2.24. The van der Waals surface area contributed by atoms with Crippen molar-refractivity contribution in [3.05, 3.63) is 70.8 Å². The third-order valence-corrected chi connectivity index (χ3v) is 4.29. The summed E-state index contributed by atoms with van der Waals surface area (Å²) in [6.45, 7) is 7.82. The zero-order valence-electron chi connectivity index (χ0n) is 14.7. The zero-order chi connectivity index (χ0) is 17.9. The summed E-state index contributed by atoms with van der Waals surface area (Å²) in [6, 6.07) is 14.2. The van der Waals surface area contributed by atoms with Crippen molar-refractivity contribution in [3.63, 3.8) is 0 Å². The predicted molar refractivity (Wildman–Crippen MR) is 95.9 cm³/mol. The van der Waals surface area contributed by atoms with Crippen molar-refractivity contribution in [2.75, 3.05) is 0 Å². The molecule has 2 aromatic rings. The molecule has 2 N–H and O–H groups in total. The molecule has 3 nitrogen and oxygen atoms in total. The smallest absolute Gasteiger partial charge is 0.193 e. The summed E-state index contributed by atoms with van der Waals surface area (Å²) in [5, 5.41) is 20.1. The van der Waals surface area contributed by atoms with Crippen LogP contribution >= 0.6 is 0 Å². The summed E-state index contributed by atoms with van der Waals surface area (Å²) in [5.74, 6) is 0.198. The van der Waals surface area contributed by atoms with E-state index in [0.29, 0.717) is 11.1 Å². The van der Waals surface area contributed by atoms with Crippen LogP contribution in [0.4, 0.5) is 0 Å². The molecule has 24 heavy (non-hydrogen) atoms. The van der Waals surface area contributed by atoms with E-state index in [1.165, 1.54) is 0 Å². The van der Waals surface area contributed by atoms with Gasteiger partial charge < -0.3 is 10.2 Å². The summed E-state index contributed by atoms with van der Waals surface area (Å²) in [6.07, 6.45) is -1.04. The first kappa shape index (κ1) is 18.4. The van der Waals surface area contributed by atoms with E-state index in [1.807, 2.05) is 27.7 Å². The molecule has 0 radical (unpaired) electrons. The van der Waals surface area contributed by atoms with Crippen LogP contribution in [0, 0.1) is 11.8 Å². The Kier molecular flexibility index (Phi) is 5.92. The average molecular weight is 326 g/mol. The topological polar surface area (TPSA) is 57.5 Å². The molecule has 0 bridgehead atoms. The number of benzene rings is 2. The number of aliphatic hydroxyl groups is 2. The zero-order valence-corrected chi connectivity index (χ0v) is 14.7. The Morgan fingerprint density at radius 2 is 0.958 bits per heavy atom. The van der Waals surface area contributed by atoms with E-state index < -0.39 is 12.2 Å². The fraction of sp³-hybridized carbons (Fsp3) is 0.381. The van der Waals surface area contributed by atoms with Crippen molar-refractivity contribution in [1.82, 2.24) is 0 Å². The van der Waals surface area contributed by atoms with E-state index >= 15 is 0 Å². The first-order chi connectivity index (χ1) is 11.3. The number of carbonyl (C=O) groups is 1. The van der Waals surface area contributed by atoms with Gasteiger partial charge in [0.2, 0.25) is 0 Å². The maximum atomic E-state index is 12.6. The molecule has 0 saturated heterocycles. The van der Waals surface area contributed by atoms with Crippen LogP contribution in [0.1, 0.15) is 67.0 Å². The second kappa shape index (κ2) is 7.73. The van der Waals surface area contributed by atoms with Gasteiger partial charge in [-0.25, -0.2) is 0 Å². The van der Waals surface area contributed by atoms with Crippen molar-refractivity contribution in [2.24, 2.45) is 11.8 Å². The highest BCUT2D eigenvalue weighted by Gasteiger charge is 2.15. The molecule has 2 unspecified atom stereocenters. The number of carbonyl (C=O) groups excluding carboxylic acids is 1. The van der Waals surface area contributed by atoms with Gasteiger partial charge in [0.25, 0.3) is 0 Å². The van der Waals surface area contributed by atoms with Crippen molar-refractivity contribution >= 4 is 5.78 Å². The standard InChI is InChI=1S/C21H26O3/c1-13(2)19(22)15-5-9-17(10-6-15)21(24)18-11-7-16(8-12-18)20(23)14(3)4/h5-14,19-20,22-23H,1-4H3. The highest BCUT2D eigenvalue weighted by atomic mass is 16.3. The lowest BCUT2D eigenvalue weighted by atomic mass is 9.94. The van der Waals surface area contributed by atoms with E-state index in [-0.39, 0.29) is 17.6 Å². The second-order valence-electron chi connectivity index (χ2n) is 6.95. The quantitative estimate of drug-likeness (QED) is 0.778. The van der Waals surface area contributed by atoms with Crippen molar-refractivity contribution in [3.8, 4) is 0 Å². The van der Waals surface area contributed by atoms with E-state index in [9.17, 15) is 15.0 Å². The van der Waals surface area contributed by atoms with E-state index in [4.69, 9.17) is 0 Å². The Morgan fingerprint density at radius 1 is 0.667 bits per heavy atom. The lowest BCUT2D eigenvalue weighted by Crippen LogP contribution is -2.08. The lowest BCUT2D eigenvalue weighted by molar-refractivity contribution is 0.103. The Hall–Kier alpha value is -1.97. The van der Waals surface area contributed by atoms with Crippen molar-refractivity contribution < 1.29 is 15.0 Å². The minimum atomic E-state index is -0.522. The maximum absolute atomic E-state index is 12.6. The Bertz CT molecular complexity index is 610. The number of hydrogen-bond donors (Lipinski definition) is 2. The predicted octanol–water partition coefficient (Wildman–Crippen LogP) is 4.30. The molecule has 0 saturated carbocycles. The Balaban J connectivity index is 2.17. The van der Waals surface area contributed by atoms with Gasteiger partial charge in [0.05, 0.1) is 12.2 Å². The van der Waals surface area contributed by atoms with Gasteiger partial charge in [0.1, 0.15) is 0 Å². The molecule has 0 aliphatic carbocycles. The number of hydrogen-bond acceptors (Lipinski definition) is 3. The van der Waals surface area contributed by atoms with Gasteiger partial charge >= 0.3 is 0 Å². The van der Waals surface area contributed by atoms with Crippen LogP contribution < -0.4 is 0 Å². The van der Waals surface area contributed by atoms with Crippen molar-refractivity contribution in [2.45, 2.75) is 39.9 Å². The molecular formula is C21H26O3. The second-order valence-corrected chi connectivity index (χ2v) is 6.95. The normalized spacial score (nSPS) is 14.0. The summed E-state index contributed by atoms with van der Waals surface area (Å²) < 4.78 is 0. The molecule has 0 aromatic heterocycles. The molecular weight excluding hydrogens is 300 g/mol. The third-order valence-electron chi connectivity index (χ3n) is 4.29. The first-order valence-electron chi connectivity index (χ1n) is 8.42. The number of rotatable bonds is 6. The molecule has 128 valence electrons. The number of aliphatic hydroxyl groups excluding tert-OH is 2. The van der Waals surface area contributed by atoms with Crippen molar-refractivity contribution in [1.29, 1.82) is 0 Å². The van der Waals surface area contributed by atoms with Gasteiger partial charge in [-0.05, 0) is 23.0 Å². The fourth-order valence-corrected chi connectivity index (χ4v) is 2.60. The van der Waals surface area contributed by atoms with Gasteiger partial charge in [-0.3, -0.25) is 4.79 Å². The van der Waals surface area contributed by atoms with Crippen LogP contribution in [0.15, 0.2) is 48.5 Å². The van der Waals surface area contributed by atoms with Crippen LogP contribution in [0.3, 0.4) is 0 Å². The summed E-state index contributed by atoms with van der Waals surface area (Å²) in [7, 11) is 0. The van der Waals surface area contributed by atoms with E-state index in [0.717, 1.165) is 11.1 Å². The van der Waals surface area contributed by atoms with Gasteiger partial charge in [-0.2, -0.15) is 0 Å². The summed E-state index contributed by atoms with van der Waals surface area (Å²) in [4.78, 5) is 12.6. The SMILES string of the molecule is CC(C)C(O)c1ccc(C(=O)c2ccc(C(O)C(C)C)cc2)cc1. The molecule has 3 heteroatoms. The molecule has 0 aliphatic heterocycles. The maximum Gasteiger partial charge on any atom is 0.193 e. The molecule has 0 amide bonds. The monoisotopic (exact) mass is 326 g/mol. The fourth-order valence-electron chi connectivity index (χ4n) is 2.60. The minimum Gasteiger partial charge on any atom is -0.388 e. The summed E-state index contributed by atoms with van der Waals surface area (Å²) >= 11 is 0. The molecule has 2 rings (SSSR count). The molecule has 0 aliphatic rings. The molecule has 0 fully saturated rings. The Morgan fingerprint density at radius 3 is 1.21 bits per heavy atom. The van der Waals surface area contributed by atoms with Gasteiger partial charge in [0.15, 0.2) is 5.78 Å². The van der Waals surface area contributed by atoms with E-state index in [1.54, 1.807) is 48.5 Å². The van der Waals surface area contributed by atoms with Crippen LogP contribution in [-0.4, -0.2) is 16.0 Å². The first-order valence-corrected chi connectivity index (χ1v) is 8.42. The van der Waals surface area contributed by atoms with Gasteiger partial charge in [0, 0.05) is 11.1 Å². The lowest BCUT2D eigenvalue weighted by Gasteiger charge is -2.15. The number of ketones is 1. The van der Waals surface area contributed by atoms with Crippen LogP contribution in [0.5, 0.6) is 0 Å². The highest BCUT2D eigenvalue weighted by molar-refractivity contribution is 6.09. The summed E-state index contributed by atoms with van der Waals surface area (Å²) in [5.41, 5.74) is 2.81. The van der Waals surface area contributed by atoms with Gasteiger partial charge in [-0.1, -0.05) is 76.2 Å². The van der Waals surface area contributed by atoms with E-state index in [2.05, 4.69) is 0 Å². The molecule has 2 aromatic carbocycles. The van der Waals surface area contributed by atoms with Crippen LogP contribution in [-0.2, 0) is 0 Å². The average Bonchev–Trinajstić information content (AvgIpc) is 2.60. The third kappa shape index (κ3) is 4.11. The Labute approximate surface area is 144 Å². The van der Waals surface area contributed by atoms with Gasteiger partial charge in [-0.15, -0.1) is 0 Å².